The minimum absolute atomic E-state index is 0.0426. The number of aryl methyl sites for hydroxylation is 1. The first-order valence-electron chi connectivity index (χ1n) is 8.47. The lowest BCUT2D eigenvalue weighted by Gasteiger charge is -2.18. The van der Waals surface area contributed by atoms with Gasteiger partial charge in [0.25, 0.3) is 11.8 Å². The lowest BCUT2D eigenvalue weighted by Crippen LogP contribution is -2.34. The van der Waals surface area contributed by atoms with Gasteiger partial charge in [-0.25, -0.2) is 4.98 Å². The maximum Gasteiger partial charge on any atom is 0.272 e. The number of aromatic nitrogens is 2. The van der Waals surface area contributed by atoms with Crippen molar-refractivity contribution in [3.63, 3.8) is 0 Å². The molecule has 0 unspecified atom stereocenters. The highest BCUT2D eigenvalue weighted by Crippen LogP contribution is 2.11. The highest BCUT2D eigenvalue weighted by molar-refractivity contribution is 6.04. The van der Waals surface area contributed by atoms with Gasteiger partial charge in [-0.15, -0.1) is 0 Å². The molecule has 25 heavy (non-hydrogen) atoms. The Bertz CT molecular complexity index is 727. The predicted octanol–water partition coefficient (Wildman–Crippen LogP) is 2.68. The lowest BCUT2D eigenvalue weighted by atomic mass is 9.97. The van der Waals surface area contributed by atoms with Crippen LogP contribution in [0.3, 0.4) is 0 Å². The third kappa shape index (κ3) is 5.45. The maximum absolute atomic E-state index is 12.4. The quantitative estimate of drug-likeness (QED) is 0.754. The zero-order valence-corrected chi connectivity index (χ0v) is 15.3. The van der Waals surface area contributed by atoms with Crippen molar-refractivity contribution in [2.75, 3.05) is 6.54 Å². The Hall–Kier alpha value is -2.63. The van der Waals surface area contributed by atoms with Gasteiger partial charge >= 0.3 is 0 Å². The Morgan fingerprint density at radius 2 is 1.68 bits per heavy atom. The summed E-state index contributed by atoms with van der Waals surface area (Å²) in [6.07, 6.45) is 2.34. The average Bonchev–Trinajstić information content (AvgIpc) is 3.07. The molecule has 3 N–H and O–H groups in total. The lowest BCUT2D eigenvalue weighted by molar-refractivity contribution is 0.0905. The maximum atomic E-state index is 12.4. The van der Waals surface area contributed by atoms with E-state index in [0.717, 1.165) is 12.0 Å². The van der Waals surface area contributed by atoms with Crippen molar-refractivity contribution < 1.29 is 9.59 Å². The van der Waals surface area contributed by atoms with Crippen LogP contribution in [0.25, 0.3) is 0 Å². The average molecular weight is 342 g/mol. The zero-order chi connectivity index (χ0) is 18.4. The minimum Gasteiger partial charge on any atom is -0.350 e. The van der Waals surface area contributed by atoms with Crippen LogP contribution in [-0.2, 0) is 13.0 Å². The first kappa shape index (κ1) is 18.7. The van der Waals surface area contributed by atoms with Gasteiger partial charge in [-0.05, 0) is 23.0 Å². The number of benzene rings is 1. The molecular weight excluding hydrogens is 316 g/mol. The second-order valence-electron chi connectivity index (χ2n) is 7.22. The fraction of sp³-hybridized carbons (Fsp3) is 0.421. The van der Waals surface area contributed by atoms with Crippen molar-refractivity contribution in [3.8, 4) is 0 Å². The molecule has 0 saturated heterocycles. The number of nitrogens with one attached hydrogen (secondary N) is 3. The van der Waals surface area contributed by atoms with E-state index in [2.05, 4.69) is 27.5 Å². The SMILES string of the molecule is CCc1ccc(CNC(=O)c2[nH]cnc2C(=O)NCC(C)(C)C)cc1. The first-order chi connectivity index (χ1) is 11.8. The van der Waals surface area contributed by atoms with E-state index in [1.807, 2.05) is 45.0 Å². The van der Waals surface area contributed by atoms with Gasteiger partial charge in [0.15, 0.2) is 5.69 Å². The zero-order valence-electron chi connectivity index (χ0n) is 15.3. The molecular formula is C19H26N4O2. The number of imidazole rings is 1. The fourth-order valence-electron chi connectivity index (χ4n) is 2.23. The van der Waals surface area contributed by atoms with E-state index in [0.29, 0.717) is 13.1 Å². The third-order valence-corrected chi connectivity index (χ3v) is 3.75. The number of amides is 2. The summed E-state index contributed by atoms with van der Waals surface area (Å²) in [5, 5.41) is 5.62. The largest absolute Gasteiger partial charge is 0.350 e. The van der Waals surface area contributed by atoms with E-state index in [1.165, 1.54) is 11.9 Å². The van der Waals surface area contributed by atoms with Gasteiger partial charge < -0.3 is 15.6 Å². The Morgan fingerprint density at radius 1 is 1.04 bits per heavy atom. The van der Waals surface area contributed by atoms with Crippen LogP contribution in [-0.4, -0.2) is 28.3 Å². The Labute approximate surface area is 148 Å². The van der Waals surface area contributed by atoms with Crippen LogP contribution in [0.1, 0.15) is 59.8 Å². The molecule has 0 saturated carbocycles. The summed E-state index contributed by atoms with van der Waals surface area (Å²) in [4.78, 5) is 31.4. The van der Waals surface area contributed by atoms with E-state index >= 15 is 0 Å². The highest BCUT2D eigenvalue weighted by atomic mass is 16.2. The molecule has 134 valence electrons. The molecule has 2 amide bonds. The minimum atomic E-state index is -0.353. The summed E-state index contributed by atoms with van der Waals surface area (Å²) in [5.41, 5.74) is 2.50. The normalized spacial score (nSPS) is 11.2. The number of carbonyl (C=O) groups excluding carboxylic acids is 2. The van der Waals surface area contributed by atoms with Gasteiger partial charge in [0.2, 0.25) is 0 Å². The Morgan fingerprint density at radius 3 is 2.28 bits per heavy atom. The molecule has 1 heterocycles. The highest BCUT2D eigenvalue weighted by Gasteiger charge is 2.21. The molecule has 0 spiro atoms. The second kappa shape index (κ2) is 7.96. The number of H-pyrrole nitrogens is 1. The number of hydrogen-bond donors (Lipinski definition) is 3. The number of aromatic amines is 1. The van der Waals surface area contributed by atoms with Crippen molar-refractivity contribution >= 4 is 11.8 Å². The predicted molar refractivity (Wildman–Crippen MR) is 97.4 cm³/mol. The molecule has 0 atom stereocenters. The van der Waals surface area contributed by atoms with Crippen LogP contribution in [0.15, 0.2) is 30.6 Å². The standard InChI is InChI=1S/C19H26N4O2/c1-5-13-6-8-14(9-7-13)10-20-17(24)15-16(23-12-22-15)18(25)21-11-19(2,3)4/h6-9,12H,5,10-11H2,1-4H3,(H,20,24)(H,21,25)(H,22,23). The van der Waals surface area contributed by atoms with Crippen molar-refractivity contribution in [1.29, 1.82) is 0 Å². The Kier molecular flexibility index (Phi) is 5.96. The van der Waals surface area contributed by atoms with E-state index in [1.54, 1.807) is 0 Å². The molecule has 0 bridgehead atoms. The molecule has 2 aromatic rings. The molecule has 0 radical (unpaired) electrons. The molecule has 6 heteroatoms. The summed E-state index contributed by atoms with van der Waals surface area (Å²) in [6, 6.07) is 8.07. The Balaban J connectivity index is 1.98. The van der Waals surface area contributed by atoms with Crippen molar-refractivity contribution in [2.45, 2.75) is 40.7 Å². The van der Waals surface area contributed by atoms with E-state index in [-0.39, 0.29) is 28.6 Å². The molecule has 0 aliphatic heterocycles. The summed E-state index contributed by atoms with van der Waals surface area (Å²) in [7, 11) is 0. The van der Waals surface area contributed by atoms with Gasteiger partial charge in [-0.2, -0.15) is 0 Å². The van der Waals surface area contributed by atoms with Crippen LogP contribution in [0.2, 0.25) is 0 Å². The monoisotopic (exact) mass is 342 g/mol. The van der Waals surface area contributed by atoms with Crippen LogP contribution >= 0.6 is 0 Å². The molecule has 0 fully saturated rings. The van der Waals surface area contributed by atoms with Crippen molar-refractivity contribution in [1.82, 2.24) is 20.6 Å². The number of carbonyl (C=O) groups is 2. The van der Waals surface area contributed by atoms with Crippen LogP contribution < -0.4 is 10.6 Å². The number of rotatable bonds is 6. The van der Waals surface area contributed by atoms with Crippen molar-refractivity contribution in [2.24, 2.45) is 5.41 Å². The van der Waals surface area contributed by atoms with E-state index < -0.39 is 0 Å². The molecule has 1 aromatic heterocycles. The van der Waals surface area contributed by atoms with Crippen LogP contribution in [0.4, 0.5) is 0 Å². The molecule has 6 nitrogen and oxygen atoms in total. The molecule has 0 aliphatic rings. The van der Waals surface area contributed by atoms with Gasteiger partial charge in [-0.1, -0.05) is 52.0 Å². The number of nitrogens with zero attached hydrogens (tertiary/aromatic N) is 1. The topological polar surface area (TPSA) is 86.9 Å². The van der Waals surface area contributed by atoms with Gasteiger partial charge in [0.05, 0.1) is 6.33 Å². The van der Waals surface area contributed by atoms with E-state index in [4.69, 9.17) is 0 Å². The molecule has 2 rings (SSSR count). The summed E-state index contributed by atoms with van der Waals surface area (Å²) >= 11 is 0. The van der Waals surface area contributed by atoms with Crippen LogP contribution in [0, 0.1) is 5.41 Å². The van der Waals surface area contributed by atoms with Gasteiger partial charge in [-0.3, -0.25) is 9.59 Å². The molecule has 0 aliphatic carbocycles. The molecule has 1 aromatic carbocycles. The summed E-state index contributed by atoms with van der Waals surface area (Å²) in [6.45, 7) is 9.06. The van der Waals surface area contributed by atoms with E-state index in [9.17, 15) is 9.59 Å². The summed E-state index contributed by atoms with van der Waals surface area (Å²) < 4.78 is 0. The second-order valence-corrected chi connectivity index (χ2v) is 7.22. The van der Waals surface area contributed by atoms with Crippen LogP contribution in [0.5, 0.6) is 0 Å². The summed E-state index contributed by atoms with van der Waals surface area (Å²) in [5.74, 6) is -0.702. The van der Waals surface area contributed by atoms with Gasteiger partial charge in [0, 0.05) is 13.1 Å². The third-order valence-electron chi connectivity index (χ3n) is 3.75. The smallest absolute Gasteiger partial charge is 0.272 e. The first-order valence-corrected chi connectivity index (χ1v) is 8.47. The van der Waals surface area contributed by atoms with Crippen molar-refractivity contribution in [3.05, 3.63) is 53.1 Å². The number of hydrogen-bond acceptors (Lipinski definition) is 3. The van der Waals surface area contributed by atoms with Gasteiger partial charge in [0.1, 0.15) is 5.69 Å². The fourth-order valence-corrected chi connectivity index (χ4v) is 2.23.